The molecule has 0 aliphatic heterocycles. The first kappa shape index (κ1) is 13.3. The van der Waals surface area contributed by atoms with Gasteiger partial charge in [-0.15, -0.1) is 0 Å². The summed E-state index contributed by atoms with van der Waals surface area (Å²) in [4.78, 5) is 0. The van der Waals surface area contributed by atoms with Gasteiger partial charge in [0.1, 0.15) is 0 Å². The number of rotatable bonds is 7. The first-order chi connectivity index (χ1) is 5.95. The van der Waals surface area contributed by atoms with E-state index in [2.05, 4.69) is 18.1 Å². The van der Waals surface area contributed by atoms with E-state index in [1.165, 1.54) is 12.8 Å². The minimum absolute atomic E-state index is 0.216. The lowest BCUT2D eigenvalue weighted by molar-refractivity contribution is 0.206. The number of unbranched alkanes of at least 4 members (excludes halogenated alkanes) is 3. The molecule has 0 amide bonds. The Balaban J connectivity index is 3.47. The summed E-state index contributed by atoms with van der Waals surface area (Å²) in [6.07, 6.45) is 5.15. The summed E-state index contributed by atoms with van der Waals surface area (Å²) in [5.74, 6) is 0. The molecule has 0 radical (unpaired) electrons. The molecule has 0 heterocycles. The Bertz CT molecular complexity index is 211. The van der Waals surface area contributed by atoms with Crippen molar-refractivity contribution in [2.75, 3.05) is 0 Å². The van der Waals surface area contributed by atoms with Gasteiger partial charge in [-0.25, -0.2) is 0 Å². The van der Waals surface area contributed by atoms with Crippen molar-refractivity contribution in [3.8, 4) is 0 Å². The molecule has 0 rings (SSSR count). The smallest absolute Gasteiger partial charge is 0.266 e. The molecule has 0 bridgehead atoms. The van der Waals surface area contributed by atoms with E-state index in [9.17, 15) is 4.21 Å². The molecule has 0 saturated carbocycles. The molecule has 80 valence electrons. The van der Waals surface area contributed by atoms with Gasteiger partial charge in [0, 0.05) is 11.2 Å². The van der Waals surface area contributed by atoms with Crippen LogP contribution < -0.4 is 0 Å². The highest BCUT2D eigenvalue weighted by Gasteiger charge is 2.08. The van der Waals surface area contributed by atoms with Crippen molar-refractivity contribution in [1.82, 2.24) is 0 Å². The summed E-state index contributed by atoms with van der Waals surface area (Å²) in [7, 11) is -3.43. The van der Waals surface area contributed by atoms with Crippen LogP contribution in [0.5, 0.6) is 0 Å². The van der Waals surface area contributed by atoms with Crippen molar-refractivity contribution in [1.29, 1.82) is 0 Å². The van der Waals surface area contributed by atoms with E-state index in [1.807, 2.05) is 0 Å². The van der Waals surface area contributed by atoms with Crippen molar-refractivity contribution in [2.24, 2.45) is 0 Å². The maximum Gasteiger partial charge on any atom is 0.266 e. The Labute approximate surface area is 85.6 Å². The molecule has 0 aromatic carbocycles. The van der Waals surface area contributed by atoms with Crippen LogP contribution in [0.1, 0.15) is 46.0 Å². The van der Waals surface area contributed by atoms with Gasteiger partial charge in [-0.1, -0.05) is 32.6 Å². The lowest BCUT2D eigenvalue weighted by Gasteiger charge is -2.10. The molecular formula is C8H18O3S2. The summed E-state index contributed by atoms with van der Waals surface area (Å²) in [5.41, 5.74) is 0. The Morgan fingerprint density at radius 3 is 2.54 bits per heavy atom. The van der Waals surface area contributed by atoms with Crippen LogP contribution in [0.3, 0.4) is 0 Å². The van der Waals surface area contributed by atoms with Gasteiger partial charge in [-0.3, -0.25) is 8.74 Å². The van der Waals surface area contributed by atoms with E-state index in [0.29, 0.717) is 0 Å². The largest absolute Gasteiger partial charge is 0.285 e. The summed E-state index contributed by atoms with van der Waals surface area (Å²) >= 11 is 4.22. The normalized spacial score (nSPS) is 18.1. The van der Waals surface area contributed by atoms with Crippen LogP contribution in [0.4, 0.5) is 0 Å². The van der Waals surface area contributed by atoms with Crippen LogP contribution in [0.25, 0.3) is 0 Å². The molecular weight excluding hydrogens is 208 g/mol. The average molecular weight is 226 g/mol. The quantitative estimate of drug-likeness (QED) is 0.678. The van der Waals surface area contributed by atoms with Gasteiger partial charge >= 0.3 is 0 Å². The molecule has 2 atom stereocenters. The third-order valence-corrected chi connectivity index (χ3v) is 2.56. The van der Waals surface area contributed by atoms with Crippen LogP contribution in [0.2, 0.25) is 0 Å². The molecule has 0 aromatic heterocycles. The van der Waals surface area contributed by atoms with Crippen LogP contribution >= 0.6 is 0 Å². The van der Waals surface area contributed by atoms with Crippen molar-refractivity contribution < 1.29 is 12.9 Å². The third kappa shape index (κ3) is 10.2. The second-order valence-electron chi connectivity index (χ2n) is 3.18. The van der Waals surface area contributed by atoms with Gasteiger partial charge in [0.15, 0.2) is 0 Å². The zero-order valence-corrected chi connectivity index (χ0v) is 9.83. The molecule has 1 unspecified atom stereocenters. The van der Waals surface area contributed by atoms with Crippen molar-refractivity contribution in [3.63, 3.8) is 0 Å². The fourth-order valence-corrected chi connectivity index (χ4v) is 2.03. The van der Waals surface area contributed by atoms with Gasteiger partial charge in [0.05, 0.1) is 6.10 Å². The fraction of sp³-hybridized carbons (Fsp3) is 1.00. The highest BCUT2D eigenvalue weighted by molar-refractivity contribution is 8.27. The highest BCUT2D eigenvalue weighted by atomic mass is 32.9. The SMILES string of the molecule is CCCCCC[C@@H](C)OS(=O)(O)=S. The molecule has 0 spiro atoms. The van der Waals surface area contributed by atoms with Gasteiger partial charge in [-0.2, -0.15) is 4.21 Å². The standard InChI is InChI=1S/C8H18O3S2/c1-3-4-5-6-7-8(2)11-13(9,10)12/h8H,3-7H2,1-2H3,(H,9,10,12)/t8-/m1/s1. The first-order valence-electron chi connectivity index (χ1n) is 4.61. The van der Waals surface area contributed by atoms with Crippen LogP contribution in [-0.4, -0.2) is 14.9 Å². The van der Waals surface area contributed by atoms with Crippen molar-refractivity contribution in [3.05, 3.63) is 0 Å². The average Bonchev–Trinajstić information content (AvgIpc) is 1.94. The van der Waals surface area contributed by atoms with Crippen LogP contribution in [-0.2, 0) is 24.4 Å². The molecule has 0 aliphatic rings. The molecule has 0 fully saturated rings. The summed E-state index contributed by atoms with van der Waals surface area (Å²) in [6.45, 7) is 3.91. The second-order valence-corrected chi connectivity index (χ2v) is 5.50. The van der Waals surface area contributed by atoms with Gasteiger partial charge in [0.2, 0.25) is 0 Å². The topological polar surface area (TPSA) is 46.5 Å². The second kappa shape index (κ2) is 6.70. The maximum atomic E-state index is 10.6. The van der Waals surface area contributed by atoms with E-state index in [1.54, 1.807) is 6.92 Å². The summed E-state index contributed by atoms with van der Waals surface area (Å²) in [6, 6.07) is 0. The first-order valence-corrected chi connectivity index (χ1v) is 6.98. The van der Waals surface area contributed by atoms with Crippen molar-refractivity contribution >= 4 is 20.2 Å². The number of hydrogen-bond donors (Lipinski definition) is 1. The molecule has 0 aliphatic carbocycles. The lowest BCUT2D eigenvalue weighted by atomic mass is 10.1. The third-order valence-electron chi connectivity index (χ3n) is 1.75. The molecule has 0 saturated heterocycles. The van der Waals surface area contributed by atoms with Gasteiger partial charge in [0.25, 0.3) is 9.05 Å². The fourth-order valence-electron chi connectivity index (χ4n) is 1.11. The predicted octanol–water partition coefficient (Wildman–Crippen LogP) is 2.50. The van der Waals surface area contributed by atoms with E-state index >= 15 is 0 Å². The minimum Gasteiger partial charge on any atom is -0.285 e. The summed E-state index contributed by atoms with van der Waals surface area (Å²) < 4.78 is 24.1. The Morgan fingerprint density at radius 2 is 2.08 bits per heavy atom. The molecule has 0 aromatic rings. The van der Waals surface area contributed by atoms with Crippen LogP contribution in [0.15, 0.2) is 0 Å². The predicted molar refractivity (Wildman–Crippen MR) is 57.4 cm³/mol. The Kier molecular flexibility index (Phi) is 6.85. The summed E-state index contributed by atoms with van der Waals surface area (Å²) in [5, 5.41) is 0. The Morgan fingerprint density at radius 1 is 1.46 bits per heavy atom. The zero-order valence-electron chi connectivity index (χ0n) is 8.19. The molecule has 1 N–H and O–H groups in total. The van der Waals surface area contributed by atoms with E-state index < -0.39 is 9.05 Å². The van der Waals surface area contributed by atoms with E-state index in [-0.39, 0.29) is 6.10 Å². The maximum absolute atomic E-state index is 10.6. The molecule has 13 heavy (non-hydrogen) atoms. The minimum atomic E-state index is -3.43. The molecule has 3 nitrogen and oxygen atoms in total. The Hall–Kier alpha value is 0.290. The highest BCUT2D eigenvalue weighted by Crippen LogP contribution is 2.09. The van der Waals surface area contributed by atoms with E-state index in [0.717, 1.165) is 19.3 Å². The lowest BCUT2D eigenvalue weighted by Crippen LogP contribution is -2.13. The monoisotopic (exact) mass is 226 g/mol. The number of hydrogen-bond acceptors (Lipinski definition) is 3. The zero-order chi connectivity index (χ0) is 10.3. The van der Waals surface area contributed by atoms with Crippen LogP contribution in [0, 0.1) is 0 Å². The van der Waals surface area contributed by atoms with Crippen molar-refractivity contribution in [2.45, 2.75) is 52.1 Å². The van der Waals surface area contributed by atoms with Gasteiger partial charge < -0.3 is 0 Å². The molecule has 5 heteroatoms. The van der Waals surface area contributed by atoms with Gasteiger partial charge in [-0.05, 0) is 13.3 Å². The van der Waals surface area contributed by atoms with E-state index in [4.69, 9.17) is 8.74 Å².